The summed E-state index contributed by atoms with van der Waals surface area (Å²) >= 11 is 0. The van der Waals surface area contributed by atoms with Gasteiger partial charge in [0.1, 0.15) is 6.10 Å². The molecule has 1 amide bonds. The maximum Gasteiger partial charge on any atom is 0.222 e. The number of nitrogens with one attached hydrogen (secondary N) is 1. The Morgan fingerprint density at radius 2 is 0.905 bits per heavy atom. The van der Waals surface area contributed by atoms with E-state index in [0.29, 0.717) is 6.42 Å². The zero-order chi connectivity index (χ0) is 30.8. The van der Waals surface area contributed by atoms with Gasteiger partial charge in [0.05, 0.1) is 0 Å². The number of hydrogen-bond donors (Lipinski definition) is 2. The second-order valence-corrected chi connectivity index (χ2v) is 12.9. The summed E-state index contributed by atoms with van der Waals surface area (Å²) in [4.78, 5) is 12.3. The zero-order valence-corrected chi connectivity index (χ0v) is 28.8. The molecule has 2 N–H and O–H groups in total. The molecule has 0 aliphatic carbocycles. The van der Waals surface area contributed by atoms with E-state index < -0.39 is 12.3 Å². The van der Waals surface area contributed by atoms with Crippen LogP contribution in [-0.4, -0.2) is 30.5 Å². The fraction of sp³-hybridized carbons (Fsp3) is 0.921. The Hall–Kier alpha value is -0.870. The number of aliphatic hydroxyl groups excluding tert-OH is 1. The lowest BCUT2D eigenvalue weighted by molar-refractivity contribution is -0.127. The van der Waals surface area contributed by atoms with Gasteiger partial charge in [0.25, 0.3) is 0 Å². The Morgan fingerprint density at radius 3 is 1.26 bits per heavy atom. The second kappa shape index (κ2) is 34.6. The van der Waals surface area contributed by atoms with Crippen LogP contribution in [0, 0.1) is 0 Å². The number of hydrogen-bond acceptors (Lipinski definition) is 3. The SMILES string of the molecule is CCCCCCCCCCCCCCC/C=C/[C@@H](O)[C@H](NC(=O)CCCCCCCCCCCCCCCCC)OC. The summed E-state index contributed by atoms with van der Waals surface area (Å²) in [5.41, 5.74) is 0. The van der Waals surface area contributed by atoms with Gasteiger partial charge in [0.2, 0.25) is 5.91 Å². The van der Waals surface area contributed by atoms with Crippen molar-refractivity contribution in [2.24, 2.45) is 0 Å². The fourth-order valence-electron chi connectivity index (χ4n) is 5.79. The molecular weight excluding hydrogens is 518 g/mol. The van der Waals surface area contributed by atoms with Gasteiger partial charge >= 0.3 is 0 Å². The number of aliphatic hydroxyl groups is 1. The van der Waals surface area contributed by atoms with Crippen molar-refractivity contribution >= 4 is 5.91 Å². The summed E-state index contributed by atoms with van der Waals surface area (Å²) in [6.07, 6.45) is 41.3. The molecule has 0 aliphatic heterocycles. The topological polar surface area (TPSA) is 58.6 Å². The molecule has 0 heterocycles. The Balaban J connectivity index is 3.59. The first kappa shape index (κ1) is 41.1. The first-order chi connectivity index (χ1) is 20.7. The van der Waals surface area contributed by atoms with Crippen molar-refractivity contribution in [3.63, 3.8) is 0 Å². The number of methoxy groups -OCH3 is 1. The maximum absolute atomic E-state index is 12.3. The van der Waals surface area contributed by atoms with E-state index in [2.05, 4.69) is 19.2 Å². The minimum atomic E-state index is -0.804. The largest absolute Gasteiger partial charge is 0.384 e. The molecule has 4 heteroatoms. The number of allylic oxidation sites excluding steroid dienone is 1. The molecule has 0 bridgehead atoms. The molecule has 250 valence electrons. The van der Waals surface area contributed by atoms with Crippen LogP contribution in [0.3, 0.4) is 0 Å². The average Bonchev–Trinajstić information content (AvgIpc) is 2.99. The molecule has 42 heavy (non-hydrogen) atoms. The molecule has 0 saturated carbocycles. The number of carbonyl (C=O) groups is 1. The van der Waals surface area contributed by atoms with Gasteiger partial charge in [-0.1, -0.05) is 193 Å². The number of unbranched alkanes of at least 4 members (excludes halogenated alkanes) is 27. The molecule has 0 fully saturated rings. The van der Waals surface area contributed by atoms with E-state index in [9.17, 15) is 9.90 Å². The van der Waals surface area contributed by atoms with Gasteiger partial charge in [-0.15, -0.1) is 0 Å². The van der Waals surface area contributed by atoms with Crippen LogP contribution in [0.15, 0.2) is 12.2 Å². The van der Waals surface area contributed by atoms with Gasteiger partial charge in [-0.3, -0.25) is 4.79 Å². The van der Waals surface area contributed by atoms with Crippen LogP contribution >= 0.6 is 0 Å². The lowest BCUT2D eigenvalue weighted by atomic mass is 10.0. The Kier molecular flexibility index (Phi) is 33.9. The van der Waals surface area contributed by atoms with Crippen molar-refractivity contribution in [3.05, 3.63) is 12.2 Å². The maximum atomic E-state index is 12.3. The van der Waals surface area contributed by atoms with Gasteiger partial charge in [-0.05, 0) is 19.3 Å². The smallest absolute Gasteiger partial charge is 0.222 e. The average molecular weight is 594 g/mol. The molecule has 0 spiro atoms. The predicted molar refractivity (Wildman–Crippen MR) is 184 cm³/mol. The third-order valence-corrected chi connectivity index (χ3v) is 8.68. The van der Waals surface area contributed by atoms with Crippen molar-refractivity contribution in [2.75, 3.05) is 7.11 Å². The van der Waals surface area contributed by atoms with Crippen LogP contribution in [0.25, 0.3) is 0 Å². The van der Waals surface area contributed by atoms with Crippen molar-refractivity contribution in [3.8, 4) is 0 Å². The molecule has 0 rings (SSSR count). The lowest BCUT2D eigenvalue weighted by Crippen LogP contribution is -2.43. The third-order valence-electron chi connectivity index (χ3n) is 8.68. The normalized spacial score (nSPS) is 13.1. The summed E-state index contributed by atoms with van der Waals surface area (Å²) in [7, 11) is 1.54. The van der Waals surface area contributed by atoms with E-state index in [1.54, 1.807) is 13.2 Å². The van der Waals surface area contributed by atoms with E-state index in [1.807, 2.05) is 6.08 Å². The van der Waals surface area contributed by atoms with Crippen molar-refractivity contribution < 1.29 is 14.6 Å². The molecule has 2 atom stereocenters. The summed E-state index contributed by atoms with van der Waals surface area (Å²) in [5, 5.41) is 13.3. The summed E-state index contributed by atoms with van der Waals surface area (Å²) < 4.78 is 5.35. The van der Waals surface area contributed by atoms with E-state index in [0.717, 1.165) is 25.7 Å². The molecule has 0 radical (unpaired) electrons. The minimum absolute atomic E-state index is 0.0273. The number of rotatable bonds is 34. The quantitative estimate of drug-likeness (QED) is 0.0443. The molecule has 0 aromatic carbocycles. The van der Waals surface area contributed by atoms with Crippen LogP contribution < -0.4 is 5.32 Å². The lowest BCUT2D eigenvalue weighted by Gasteiger charge is -2.20. The molecule has 0 aromatic rings. The summed E-state index contributed by atoms with van der Waals surface area (Å²) in [6, 6.07) is 0. The summed E-state index contributed by atoms with van der Waals surface area (Å²) in [5.74, 6) is -0.0273. The Bertz CT molecular complexity index is 565. The van der Waals surface area contributed by atoms with E-state index in [4.69, 9.17) is 4.74 Å². The monoisotopic (exact) mass is 594 g/mol. The van der Waals surface area contributed by atoms with Gasteiger partial charge < -0.3 is 15.2 Å². The number of amides is 1. The zero-order valence-electron chi connectivity index (χ0n) is 28.8. The van der Waals surface area contributed by atoms with Crippen LogP contribution in [0.1, 0.15) is 206 Å². The van der Waals surface area contributed by atoms with Crippen LogP contribution in [0.4, 0.5) is 0 Å². The Labute approximate surface area is 263 Å². The minimum Gasteiger partial charge on any atom is -0.384 e. The van der Waals surface area contributed by atoms with Crippen molar-refractivity contribution in [1.29, 1.82) is 0 Å². The highest BCUT2D eigenvalue weighted by atomic mass is 16.5. The highest BCUT2D eigenvalue weighted by Gasteiger charge is 2.18. The van der Waals surface area contributed by atoms with Crippen molar-refractivity contribution in [1.82, 2.24) is 5.32 Å². The van der Waals surface area contributed by atoms with Gasteiger partial charge in [0.15, 0.2) is 6.23 Å². The summed E-state index contributed by atoms with van der Waals surface area (Å²) in [6.45, 7) is 4.56. The molecule has 0 aliphatic rings. The first-order valence-corrected chi connectivity index (χ1v) is 18.8. The molecular formula is C38H75NO3. The third kappa shape index (κ3) is 30.6. The standard InChI is InChI=1S/C38H75NO3/c1-4-6-8-10-12-14-16-18-20-22-24-26-28-30-32-34-36(40)38(42-3)39-37(41)35-33-31-29-27-25-23-21-19-17-15-13-11-9-7-5-2/h32,34,36,38,40H,4-31,33,35H2,1-3H3,(H,39,41)/b34-32+/t36-,38-/m1/s1. The first-order valence-electron chi connectivity index (χ1n) is 18.8. The Morgan fingerprint density at radius 1 is 0.571 bits per heavy atom. The molecule has 4 nitrogen and oxygen atoms in total. The highest BCUT2D eigenvalue weighted by molar-refractivity contribution is 5.76. The second-order valence-electron chi connectivity index (χ2n) is 12.9. The fourth-order valence-corrected chi connectivity index (χ4v) is 5.79. The van der Waals surface area contributed by atoms with Crippen LogP contribution in [-0.2, 0) is 9.53 Å². The molecule has 0 saturated heterocycles. The van der Waals surface area contributed by atoms with Gasteiger partial charge in [-0.25, -0.2) is 0 Å². The predicted octanol–water partition coefficient (Wildman–Crippen LogP) is 11.7. The molecule has 0 aromatic heterocycles. The molecule has 0 unspecified atom stereocenters. The van der Waals surface area contributed by atoms with Crippen LogP contribution in [0.5, 0.6) is 0 Å². The van der Waals surface area contributed by atoms with E-state index in [1.165, 1.54) is 161 Å². The van der Waals surface area contributed by atoms with Gasteiger partial charge in [-0.2, -0.15) is 0 Å². The van der Waals surface area contributed by atoms with E-state index >= 15 is 0 Å². The van der Waals surface area contributed by atoms with Crippen molar-refractivity contribution in [2.45, 2.75) is 219 Å². The van der Waals surface area contributed by atoms with Gasteiger partial charge in [0, 0.05) is 13.5 Å². The van der Waals surface area contributed by atoms with Crippen LogP contribution in [0.2, 0.25) is 0 Å². The number of carbonyl (C=O) groups excluding carboxylic acids is 1. The van der Waals surface area contributed by atoms with E-state index in [-0.39, 0.29) is 5.91 Å². The highest BCUT2D eigenvalue weighted by Crippen LogP contribution is 2.15. The number of ether oxygens (including phenoxy) is 1.